The largest absolute Gasteiger partial charge is 0.396 e. The van der Waals surface area contributed by atoms with E-state index in [2.05, 4.69) is 10.3 Å². The van der Waals surface area contributed by atoms with E-state index >= 15 is 0 Å². The molecule has 1 aromatic heterocycles. The lowest BCUT2D eigenvalue weighted by Crippen LogP contribution is -2.46. The van der Waals surface area contributed by atoms with E-state index in [-0.39, 0.29) is 30.8 Å². The first-order valence-electron chi connectivity index (χ1n) is 9.85. The highest BCUT2D eigenvalue weighted by Crippen LogP contribution is 2.18. The van der Waals surface area contributed by atoms with Gasteiger partial charge in [0.05, 0.1) is 6.54 Å². The molecule has 1 heterocycles. The summed E-state index contributed by atoms with van der Waals surface area (Å²) in [5.41, 5.74) is 2.30. The van der Waals surface area contributed by atoms with E-state index in [9.17, 15) is 14.7 Å². The summed E-state index contributed by atoms with van der Waals surface area (Å²) in [4.78, 5) is 29.8. The summed E-state index contributed by atoms with van der Waals surface area (Å²) in [6.45, 7) is 2.67. The molecule has 2 aromatic rings. The second-order valence-corrected chi connectivity index (χ2v) is 7.50. The van der Waals surface area contributed by atoms with Gasteiger partial charge in [0.15, 0.2) is 0 Å². The molecule has 1 aliphatic carbocycles. The third kappa shape index (κ3) is 5.10. The number of amides is 2. The van der Waals surface area contributed by atoms with Crippen LogP contribution in [-0.2, 0) is 6.54 Å². The van der Waals surface area contributed by atoms with Crippen molar-refractivity contribution in [1.29, 1.82) is 0 Å². The lowest BCUT2D eigenvalue weighted by atomic mass is 9.96. The molecule has 1 saturated carbocycles. The Morgan fingerprint density at radius 3 is 2.78 bits per heavy atom. The zero-order chi connectivity index (χ0) is 19.2. The highest BCUT2D eigenvalue weighted by atomic mass is 16.3. The fourth-order valence-electron chi connectivity index (χ4n) is 3.72. The van der Waals surface area contributed by atoms with Gasteiger partial charge in [0.2, 0.25) is 0 Å². The number of aryl methyl sites for hydroxylation is 1. The van der Waals surface area contributed by atoms with Crippen LogP contribution < -0.4 is 10.9 Å². The van der Waals surface area contributed by atoms with Crippen molar-refractivity contribution in [3.8, 4) is 0 Å². The molecule has 6 nitrogen and oxygen atoms in total. The van der Waals surface area contributed by atoms with Crippen molar-refractivity contribution in [2.75, 3.05) is 13.2 Å². The van der Waals surface area contributed by atoms with Gasteiger partial charge < -0.3 is 20.3 Å². The van der Waals surface area contributed by atoms with Crippen molar-refractivity contribution in [2.45, 2.75) is 58.0 Å². The predicted molar refractivity (Wildman–Crippen MR) is 107 cm³/mol. The maximum absolute atomic E-state index is 12.8. The molecule has 0 aliphatic heterocycles. The second-order valence-electron chi connectivity index (χ2n) is 7.50. The van der Waals surface area contributed by atoms with E-state index in [1.54, 1.807) is 4.90 Å². The van der Waals surface area contributed by atoms with Gasteiger partial charge in [-0.3, -0.25) is 4.79 Å². The number of nitrogens with zero attached hydrogens (tertiary/aromatic N) is 1. The van der Waals surface area contributed by atoms with Crippen molar-refractivity contribution in [2.24, 2.45) is 0 Å². The third-order valence-corrected chi connectivity index (χ3v) is 5.24. The number of hydrogen-bond donors (Lipinski definition) is 3. The van der Waals surface area contributed by atoms with Crippen LogP contribution in [0.25, 0.3) is 10.9 Å². The Hall–Kier alpha value is -2.34. The molecule has 1 fully saturated rings. The van der Waals surface area contributed by atoms with Gasteiger partial charge in [-0.15, -0.1) is 0 Å². The van der Waals surface area contributed by atoms with Gasteiger partial charge in [0.25, 0.3) is 5.56 Å². The van der Waals surface area contributed by atoms with E-state index in [1.165, 1.54) is 6.42 Å². The number of benzene rings is 1. The molecule has 0 bridgehead atoms. The number of aromatic nitrogens is 1. The number of aromatic amines is 1. The van der Waals surface area contributed by atoms with Crippen LogP contribution in [-0.4, -0.2) is 40.2 Å². The molecule has 0 spiro atoms. The number of pyridine rings is 1. The van der Waals surface area contributed by atoms with Crippen LogP contribution >= 0.6 is 0 Å². The number of H-pyrrole nitrogens is 1. The van der Waals surface area contributed by atoms with Gasteiger partial charge >= 0.3 is 6.03 Å². The molecular weight excluding hydrogens is 342 g/mol. The lowest BCUT2D eigenvalue weighted by Gasteiger charge is -2.28. The summed E-state index contributed by atoms with van der Waals surface area (Å²) in [5.74, 6) is 0. The first-order valence-corrected chi connectivity index (χ1v) is 9.85. The molecule has 0 unspecified atom stereocenters. The number of carbonyl (C=O) groups is 1. The molecule has 3 N–H and O–H groups in total. The summed E-state index contributed by atoms with van der Waals surface area (Å²) in [7, 11) is 0. The average molecular weight is 371 g/mol. The molecule has 2 amide bonds. The molecular formula is C21H29N3O3. The second kappa shape index (κ2) is 9.04. The average Bonchev–Trinajstić information content (AvgIpc) is 2.66. The van der Waals surface area contributed by atoms with E-state index in [0.717, 1.165) is 42.1 Å². The quantitative estimate of drug-likeness (QED) is 0.729. The van der Waals surface area contributed by atoms with Crippen LogP contribution in [0, 0.1) is 6.92 Å². The van der Waals surface area contributed by atoms with Crippen LogP contribution in [0.3, 0.4) is 0 Å². The highest BCUT2D eigenvalue weighted by Gasteiger charge is 2.21. The number of urea groups is 1. The van der Waals surface area contributed by atoms with Gasteiger partial charge in [-0.1, -0.05) is 30.9 Å². The zero-order valence-corrected chi connectivity index (χ0v) is 16.0. The van der Waals surface area contributed by atoms with Crippen molar-refractivity contribution in [1.82, 2.24) is 15.2 Å². The van der Waals surface area contributed by atoms with Crippen molar-refractivity contribution in [3.63, 3.8) is 0 Å². The first kappa shape index (κ1) is 19.4. The smallest absolute Gasteiger partial charge is 0.317 e. The Labute approximate surface area is 159 Å². The number of nitrogens with one attached hydrogen (secondary N) is 2. The molecule has 27 heavy (non-hydrogen) atoms. The number of rotatable bonds is 6. The minimum atomic E-state index is -0.175. The Kier molecular flexibility index (Phi) is 6.50. The molecule has 3 rings (SSSR count). The van der Waals surface area contributed by atoms with Crippen LogP contribution in [0.2, 0.25) is 0 Å². The molecule has 1 aliphatic rings. The molecule has 146 valence electrons. The Bertz CT molecular complexity index is 840. The third-order valence-electron chi connectivity index (χ3n) is 5.24. The van der Waals surface area contributed by atoms with Crippen molar-refractivity contribution < 1.29 is 9.90 Å². The van der Waals surface area contributed by atoms with Gasteiger partial charge in [-0.25, -0.2) is 4.79 Å². The fourth-order valence-corrected chi connectivity index (χ4v) is 3.72. The summed E-state index contributed by atoms with van der Waals surface area (Å²) < 4.78 is 0. The SMILES string of the molecule is Cc1ccc2[nH]c(=O)c(CN(CCCO)C(=O)NC3CCCCC3)cc2c1. The zero-order valence-electron chi connectivity index (χ0n) is 16.0. The van der Waals surface area contributed by atoms with Gasteiger partial charge in [0.1, 0.15) is 0 Å². The molecule has 0 radical (unpaired) electrons. The summed E-state index contributed by atoms with van der Waals surface area (Å²) >= 11 is 0. The first-order chi connectivity index (χ1) is 13.1. The maximum atomic E-state index is 12.8. The topological polar surface area (TPSA) is 85.4 Å². The van der Waals surface area contributed by atoms with Crippen LogP contribution in [0.15, 0.2) is 29.1 Å². The normalized spacial score (nSPS) is 15.0. The Morgan fingerprint density at radius 1 is 1.26 bits per heavy atom. The summed E-state index contributed by atoms with van der Waals surface area (Å²) in [6, 6.07) is 7.80. The monoisotopic (exact) mass is 371 g/mol. The van der Waals surface area contributed by atoms with E-state index < -0.39 is 0 Å². The number of hydrogen-bond acceptors (Lipinski definition) is 3. The fraction of sp³-hybridized carbons (Fsp3) is 0.524. The van der Waals surface area contributed by atoms with Crippen molar-refractivity contribution in [3.05, 3.63) is 45.7 Å². The van der Waals surface area contributed by atoms with E-state index in [0.29, 0.717) is 18.5 Å². The van der Waals surface area contributed by atoms with Gasteiger partial charge in [-0.05, 0) is 49.8 Å². The van der Waals surface area contributed by atoms with E-state index in [4.69, 9.17) is 0 Å². The highest BCUT2D eigenvalue weighted by molar-refractivity contribution is 5.80. The minimum absolute atomic E-state index is 0.0144. The minimum Gasteiger partial charge on any atom is -0.396 e. The van der Waals surface area contributed by atoms with Gasteiger partial charge in [0, 0.05) is 30.3 Å². The van der Waals surface area contributed by atoms with Crippen molar-refractivity contribution >= 4 is 16.9 Å². The Morgan fingerprint density at radius 2 is 2.04 bits per heavy atom. The summed E-state index contributed by atoms with van der Waals surface area (Å²) in [5, 5.41) is 13.2. The maximum Gasteiger partial charge on any atom is 0.317 e. The molecule has 1 aromatic carbocycles. The number of carbonyl (C=O) groups excluding carboxylic acids is 1. The summed E-state index contributed by atoms with van der Waals surface area (Å²) in [6.07, 6.45) is 6.02. The van der Waals surface area contributed by atoms with Crippen LogP contribution in [0.5, 0.6) is 0 Å². The predicted octanol–water partition coefficient (Wildman–Crippen LogP) is 3.06. The standard InChI is InChI=1S/C21H29N3O3/c1-15-8-9-19-16(12-15)13-17(20(26)23-19)14-24(10-5-11-25)21(27)22-18-6-3-2-4-7-18/h8-9,12-13,18,25H,2-7,10-11,14H2,1H3,(H,22,27)(H,23,26). The molecule has 6 heteroatoms. The molecule has 0 saturated heterocycles. The number of fused-ring (bicyclic) bond motifs is 1. The van der Waals surface area contributed by atoms with Crippen LogP contribution in [0.1, 0.15) is 49.7 Å². The van der Waals surface area contributed by atoms with Crippen LogP contribution in [0.4, 0.5) is 4.79 Å². The lowest BCUT2D eigenvalue weighted by molar-refractivity contribution is 0.179. The molecule has 0 atom stereocenters. The van der Waals surface area contributed by atoms with E-state index in [1.807, 2.05) is 31.2 Å². The Balaban J connectivity index is 1.78. The number of aliphatic hydroxyl groups is 1. The van der Waals surface area contributed by atoms with Gasteiger partial charge in [-0.2, -0.15) is 0 Å². The number of aliphatic hydroxyl groups excluding tert-OH is 1.